The zero-order valence-electron chi connectivity index (χ0n) is 29.7. The molecular weight excluding hydrogens is 636 g/mol. The summed E-state index contributed by atoms with van der Waals surface area (Å²) in [7, 11) is 1.56. The minimum Gasteiger partial charge on any atom is -0.391 e. The van der Waals surface area contributed by atoms with Gasteiger partial charge in [0.15, 0.2) is 0 Å². The number of hydrogen-bond donors (Lipinski definition) is 4. The van der Waals surface area contributed by atoms with Crippen LogP contribution in [0.15, 0.2) is 48.8 Å². The Bertz CT molecular complexity index is 1450. The van der Waals surface area contributed by atoms with E-state index in [-0.39, 0.29) is 43.7 Å². The zero-order chi connectivity index (χ0) is 36.0. The van der Waals surface area contributed by atoms with Crippen LogP contribution in [0.25, 0.3) is 0 Å². The van der Waals surface area contributed by atoms with Gasteiger partial charge in [0.2, 0.25) is 23.6 Å². The van der Waals surface area contributed by atoms with Crippen LogP contribution in [0.5, 0.6) is 0 Å². The van der Waals surface area contributed by atoms with Crippen LogP contribution in [-0.4, -0.2) is 93.8 Å². The Morgan fingerprint density at radius 3 is 2.34 bits per heavy atom. The molecule has 1 aromatic carbocycles. The first kappa shape index (κ1) is 38.5. The van der Waals surface area contributed by atoms with E-state index in [2.05, 4.69) is 20.9 Å². The fourth-order valence-electron chi connectivity index (χ4n) is 6.76. The van der Waals surface area contributed by atoms with Crippen LogP contribution in [0.2, 0.25) is 0 Å². The maximum atomic E-state index is 14.2. The van der Waals surface area contributed by atoms with Gasteiger partial charge in [-0.1, -0.05) is 70.2 Å². The van der Waals surface area contributed by atoms with E-state index in [9.17, 15) is 29.1 Å². The molecule has 272 valence electrons. The Labute approximate surface area is 295 Å². The van der Waals surface area contributed by atoms with Gasteiger partial charge in [-0.05, 0) is 48.4 Å². The lowest BCUT2D eigenvalue weighted by Gasteiger charge is -2.34. The van der Waals surface area contributed by atoms with Crippen molar-refractivity contribution in [3.05, 3.63) is 65.5 Å². The molecule has 2 aromatic rings. The van der Waals surface area contributed by atoms with Crippen LogP contribution in [-0.2, 0) is 32.1 Å². The molecular formula is C38H54N6O6. The fourth-order valence-corrected chi connectivity index (χ4v) is 6.76. The second kappa shape index (κ2) is 19.2. The molecule has 0 aliphatic carbocycles. The Kier molecular flexibility index (Phi) is 14.8. The van der Waals surface area contributed by atoms with Crippen molar-refractivity contribution < 1.29 is 29.1 Å². The molecule has 4 N–H and O–H groups in total. The normalized spacial score (nSPS) is 24.4. The SMILES string of the molecule is CC(C)C[C@H]1NC(=O)c2ccccc2CNC(=O)CCCCCCCCCNC(=O)[C@H](Cc2cccnc2)N(C)C(=O)[C@H]2C[C@H](O)CN2C1=O. The van der Waals surface area contributed by atoms with Crippen LogP contribution in [0, 0.1) is 5.92 Å². The van der Waals surface area contributed by atoms with Gasteiger partial charge in [-0.2, -0.15) is 0 Å². The van der Waals surface area contributed by atoms with Crippen molar-refractivity contribution in [3.8, 4) is 0 Å². The molecule has 0 unspecified atom stereocenters. The summed E-state index contributed by atoms with van der Waals surface area (Å²) >= 11 is 0. The summed E-state index contributed by atoms with van der Waals surface area (Å²) in [5, 5.41) is 19.6. The average Bonchev–Trinajstić information content (AvgIpc) is 3.50. The molecule has 0 radical (unpaired) electrons. The number of aliphatic hydroxyl groups excluding tert-OH is 1. The van der Waals surface area contributed by atoms with Gasteiger partial charge in [0.1, 0.15) is 18.1 Å². The van der Waals surface area contributed by atoms with Gasteiger partial charge in [0.05, 0.1) is 6.10 Å². The predicted octanol–water partition coefficient (Wildman–Crippen LogP) is 3.12. The van der Waals surface area contributed by atoms with Crippen molar-refractivity contribution >= 4 is 29.5 Å². The van der Waals surface area contributed by atoms with Crippen molar-refractivity contribution in [1.29, 1.82) is 0 Å². The summed E-state index contributed by atoms with van der Waals surface area (Å²) < 4.78 is 0. The summed E-state index contributed by atoms with van der Waals surface area (Å²) in [4.78, 5) is 75.3. The second-order valence-electron chi connectivity index (χ2n) is 14.0. The van der Waals surface area contributed by atoms with Crippen LogP contribution in [0.3, 0.4) is 0 Å². The maximum absolute atomic E-state index is 14.2. The van der Waals surface area contributed by atoms with E-state index in [4.69, 9.17) is 0 Å². The standard InChI is InChI=1S/C38H54N6O6/c1-26(2)20-31-37(49)44-25-29(45)22-33(44)38(50)43(3)32(21-27-14-13-18-39-23-27)36(48)40-19-12-8-6-4-5-7-9-17-34(46)41-24-28-15-10-11-16-30(28)35(47)42-31/h10-11,13-16,18,23,26,29,31-33,45H,4-9,12,17,19-22,24-25H2,1-3H3,(H,40,48)(H,41,46)(H,42,47)/t29-,31+,32-,33+/m0/s1. The minimum absolute atomic E-state index is 0.0149. The molecule has 1 fully saturated rings. The van der Waals surface area contributed by atoms with Gasteiger partial charge in [0, 0.05) is 63.9 Å². The number of hydrogen-bond acceptors (Lipinski definition) is 7. The first-order chi connectivity index (χ1) is 24.0. The second-order valence-corrected chi connectivity index (χ2v) is 14.0. The van der Waals surface area contributed by atoms with E-state index in [1.807, 2.05) is 19.9 Å². The van der Waals surface area contributed by atoms with Gasteiger partial charge in [0.25, 0.3) is 5.91 Å². The smallest absolute Gasteiger partial charge is 0.252 e. The first-order valence-electron chi connectivity index (χ1n) is 18.1. The van der Waals surface area contributed by atoms with Gasteiger partial charge in [-0.15, -0.1) is 0 Å². The number of carbonyl (C=O) groups is 5. The molecule has 1 aromatic heterocycles. The summed E-state index contributed by atoms with van der Waals surface area (Å²) in [5.41, 5.74) is 1.76. The topological polar surface area (TPSA) is 161 Å². The Hall–Kier alpha value is -4.32. The van der Waals surface area contributed by atoms with Crippen molar-refractivity contribution in [2.24, 2.45) is 5.92 Å². The van der Waals surface area contributed by atoms with E-state index in [1.165, 1.54) is 9.80 Å². The van der Waals surface area contributed by atoms with Crippen LogP contribution in [0.1, 0.15) is 99.5 Å². The highest BCUT2D eigenvalue weighted by Crippen LogP contribution is 2.24. The largest absolute Gasteiger partial charge is 0.391 e. The zero-order valence-corrected chi connectivity index (χ0v) is 29.7. The lowest BCUT2D eigenvalue weighted by molar-refractivity contribution is -0.147. The van der Waals surface area contributed by atoms with Crippen molar-refractivity contribution in [2.45, 2.75) is 115 Å². The monoisotopic (exact) mass is 690 g/mol. The molecule has 0 spiro atoms. The number of fused-ring (bicyclic) bond motifs is 2. The van der Waals surface area contributed by atoms with Crippen molar-refractivity contribution in [3.63, 3.8) is 0 Å². The predicted molar refractivity (Wildman–Crippen MR) is 190 cm³/mol. The number of likely N-dealkylation sites (N-methyl/N-ethyl adjacent to an activating group) is 1. The number of benzene rings is 1. The molecule has 4 atom stereocenters. The van der Waals surface area contributed by atoms with Gasteiger partial charge >= 0.3 is 0 Å². The summed E-state index contributed by atoms with van der Waals surface area (Å²) in [5.74, 6) is -1.75. The summed E-state index contributed by atoms with van der Waals surface area (Å²) in [6.07, 6.45) is 9.86. The molecule has 2 aliphatic rings. The van der Waals surface area contributed by atoms with Crippen molar-refractivity contribution in [1.82, 2.24) is 30.7 Å². The van der Waals surface area contributed by atoms with Gasteiger partial charge in [-0.3, -0.25) is 29.0 Å². The number of nitrogens with zero attached hydrogens (tertiary/aromatic N) is 3. The van der Waals surface area contributed by atoms with E-state index in [0.29, 0.717) is 30.5 Å². The molecule has 4 rings (SSSR count). The molecule has 12 nitrogen and oxygen atoms in total. The highest BCUT2D eigenvalue weighted by Gasteiger charge is 2.44. The van der Waals surface area contributed by atoms with E-state index >= 15 is 0 Å². The van der Waals surface area contributed by atoms with Crippen LogP contribution in [0.4, 0.5) is 0 Å². The first-order valence-corrected chi connectivity index (χ1v) is 18.1. The summed E-state index contributed by atoms with van der Waals surface area (Å²) in [6, 6.07) is 7.74. The van der Waals surface area contributed by atoms with Crippen LogP contribution < -0.4 is 16.0 Å². The Morgan fingerprint density at radius 2 is 1.62 bits per heavy atom. The highest BCUT2D eigenvalue weighted by molar-refractivity contribution is 6.00. The van der Waals surface area contributed by atoms with Crippen molar-refractivity contribution in [2.75, 3.05) is 20.1 Å². The van der Waals surface area contributed by atoms with E-state index in [0.717, 1.165) is 50.5 Å². The minimum atomic E-state index is -1.02. The number of aromatic nitrogens is 1. The fraction of sp³-hybridized carbons (Fsp3) is 0.579. The number of nitrogens with one attached hydrogen (secondary N) is 3. The molecule has 5 amide bonds. The number of amides is 5. The molecule has 12 heteroatoms. The highest BCUT2D eigenvalue weighted by atomic mass is 16.3. The van der Waals surface area contributed by atoms with E-state index in [1.54, 1.807) is 49.8 Å². The third-order valence-corrected chi connectivity index (χ3v) is 9.55. The number of aliphatic hydroxyl groups is 1. The quantitative estimate of drug-likeness (QED) is 0.384. The lowest BCUT2D eigenvalue weighted by Crippen LogP contribution is -2.57. The van der Waals surface area contributed by atoms with E-state index < -0.39 is 42.0 Å². The number of pyridine rings is 1. The third-order valence-electron chi connectivity index (χ3n) is 9.55. The third kappa shape index (κ3) is 11.1. The van der Waals surface area contributed by atoms with Gasteiger partial charge in [-0.25, -0.2) is 0 Å². The average molecular weight is 691 g/mol. The molecule has 50 heavy (non-hydrogen) atoms. The molecule has 0 bridgehead atoms. The molecule has 3 heterocycles. The van der Waals surface area contributed by atoms with Gasteiger partial charge < -0.3 is 30.9 Å². The summed E-state index contributed by atoms with van der Waals surface area (Å²) in [6.45, 7) is 4.45. The Balaban J connectivity index is 1.61. The van der Waals surface area contributed by atoms with Crippen LogP contribution >= 0.6 is 0 Å². The number of carbonyl (C=O) groups excluding carboxylic acids is 5. The lowest BCUT2D eigenvalue weighted by atomic mass is 10.00. The molecule has 1 saturated heterocycles. The maximum Gasteiger partial charge on any atom is 0.252 e. The molecule has 0 saturated carbocycles. The number of rotatable bonds is 4. The Morgan fingerprint density at radius 1 is 0.900 bits per heavy atom. The molecule has 2 aliphatic heterocycles.